The van der Waals surface area contributed by atoms with E-state index in [2.05, 4.69) is 15.6 Å². The Balaban J connectivity index is 1.71. The first-order valence-corrected chi connectivity index (χ1v) is 8.64. The Morgan fingerprint density at radius 1 is 1.45 bits per heavy atom. The van der Waals surface area contributed by atoms with Crippen LogP contribution in [0, 0.1) is 0 Å². The molecule has 0 bridgehead atoms. The molecule has 1 saturated carbocycles. The number of nitrogens with one attached hydrogen (secondary N) is 2. The van der Waals surface area contributed by atoms with Crippen LogP contribution < -0.4 is 10.6 Å². The highest BCUT2D eigenvalue weighted by molar-refractivity contribution is 7.09. The summed E-state index contributed by atoms with van der Waals surface area (Å²) in [5, 5.41) is 8.29. The summed E-state index contributed by atoms with van der Waals surface area (Å²) in [4.78, 5) is 30.1. The van der Waals surface area contributed by atoms with Crippen molar-refractivity contribution in [3.05, 3.63) is 16.6 Å². The first-order valence-electron chi connectivity index (χ1n) is 7.76. The Morgan fingerprint density at radius 3 is 2.82 bits per heavy atom. The van der Waals surface area contributed by atoms with E-state index in [1.54, 1.807) is 24.5 Å². The highest BCUT2D eigenvalue weighted by Crippen LogP contribution is 2.17. The summed E-state index contributed by atoms with van der Waals surface area (Å²) in [6.45, 7) is 2.53. The van der Waals surface area contributed by atoms with Crippen molar-refractivity contribution in [2.75, 3.05) is 13.6 Å². The molecule has 7 heteroatoms. The molecule has 1 aromatic rings. The maximum Gasteiger partial charge on any atom is 0.321 e. The molecule has 1 heterocycles. The number of aromatic nitrogens is 1. The van der Waals surface area contributed by atoms with E-state index in [4.69, 9.17) is 0 Å². The van der Waals surface area contributed by atoms with Crippen LogP contribution in [-0.2, 0) is 11.2 Å². The third kappa shape index (κ3) is 5.06. The molecule has 0 spiro atoms. The summed E-state index contributed by atoms with van der Waals surface area (Å²) in [6.07, 6.45) is 6.89. The maximum atomic E-state index is 12.1. The minimum Gasteiger partial charge on any atom is -0.335 e. The molecule has 2 rings (SSSR count). The Kier molecular flexibility index (Phi) is 6.33. The third-order valence-electron chi connectivity index (χ3n) is 4.13. The maximum absolute atomic E-state index is 12.1. The number of hydrogen-bond acceptors (Lipinski definition) is 5. The summed E-state index contributed by atoms with van der Waals surface area (Å²) >= 11 is 1.61. The second-order valence-corrected chi connectivity index (χ2v) is 6.76. The predicted molar refractivity (Wildman–Crippen MR) is 86.8 cm³/mol. The van der Waals surface area contributed by atoms with Gasteiger partial charge in [-0.2, -0.15) is 0 Å². The fourth-order valence-electron chi connectivity index (χ4n) is 2.55. The van der Waals surface area contributed by atoms with E-state index in [-0.39, 0.29) is 24.0 Å². The fraction of sp³-hybridized carbons (Fsp3) is 0.667. The monoisotopic (exact) mass is 324 g/mol. The fourth-order valence-corrected chi connectivity index (χ4v) is 3.16. The number of hydrogen-bond donors (Lipinski definition) is 2. The van der Waals surface area contributed by atoms with Gasteiger partial charge in [0.05, 0.1) is 11.0 Å². The zero-order chi connectivity index (χ0) is 15.9. The number of amides is 3. The van der Waals surface area contributed by atoms with E-state index in [1.165, 1.54) is 0 Å². The molecule has 3 amide bonds. The van der Waals surface area contributed by atoms with Gasteiger partial charge < -0.3 is 5.32 Å². The molecule has 1 aromatic heterocycles. The van der Waals surface area contributed by atoms with E-state index < -0.39 is 0 Å². The minimum absolute atomic E-state index is 0.214. The molecule has 0 radical (unpaired) electrons. The van der Waals surface area contributed by atoms with E-state index >= 15 is 0 Å². The number of imide groups is 1. The lowest BCUT2D eigenvalue weighted by atomic mass is 10.2. The van der Waals surface area contributed by atoms with Crippen LogP contribution >= 0.6 is 11.3 Å². The summed E-state index contributed by atoms with van der Waals surface area (Å²) in [5.41, 5.74) is 0. The van der Waals surface area contributed by atoms with Crippen LogP contribution in [0.1, 0.15) is 37.6 Å². The van der Waals surface area contributed by atoms with Gasteiger partial charge in [-0.3, -0.25) is 15.0 Å². The molecule has 0 unspecified atom stereocenters. The first-order chi connectivity index (χ1) is 10.6. The predicted octanol–water partition coefficient (Wildman–Crippen LogP) is 1.77. The van der Waals surface area contributed by atoms with Gasteiger partial charge in [0.1, 0.15) is 0 Å². The number of likely N-dealkylation sites (N-methyl/N-ethyl adjacent to an activating group) is 1. The van der Waals surface area contributed by atoms with Crippen molar-refractivity contribution < 1.29 is 9.59 Å². The second-order valence-electron chi connectivity index (χ2n) is 5.78. The van der Waals surface area contributed by atoms with Crippen molar-refractivity contribution in [3.8, 4) is 0 Å². The Morgan fingerprint density at radius 2 is 2.18 bits per heavy atom. The number of carbonyl (C=O) groups is 2. The number of carbonyl (C=O) groups excluding carboxylic acids is 2. The summed E-state index contributed by atoms with van der Waals surface area (Å²) < 4.78 is 0. The Hall–Kier alpha value is -1.47. The smallest absolute Gasteiger partial charge is 0.321 e. The molecule has 1 aliphatic rings. The molecule has 2 N–H and O–H groups in total. The van der Waals surface area contributed by atoms with Gasteiger partial charge in [0, 0.05) is 30.6 Å². The van der Waals surface area contributed by atoms with Gasteiger partial charge in [-0.1, -0.05) is 12.8 Å². The van der Waals surface area contributed by atoms with Gasteiger partial charge in [-0.15, -0.1) is 11.3 Å². The molecule has 122 valence electrons. The van der Waals surface area contributed by atoms with Gasteiger partial charge >= 0.3 is 6.03 Å². The van der Waals surface area contributed by atoms with Crippen molar-refractivity contribution in [2.24, 2.45) is 0 Å². The largest absolute Gasteiger partial charge is 0.335 e. The van der Waals surface area contributed by atoms with Crippen molar-refractivity contribution in [2.45, 2.75) is 51.1 Å². The van der Waals surface area contributed by atoms with Crippen molar-refractivity contribution in [1.29, 1.82) is 0 Å². The van der Waals surface area contributed by atoms with E-state index in [0.717, 1.165) is 43.7 Å². The lowest BCUT2D eigenvalue weighted by Gasteiger charge is -2.23. The second kappa shape index (κ2) is 8.24. The van der Waals surface area contributed by atoms with Crippen molar-refractivity contribution >= 4 is 23.3 Å². The number of nitrogens with zero attached hydrogens (tertiary/aromatic N) is 2. The summed E-state index contributed by atoms with van der Waals surface area (Å²) in [7, 11) is 1.88. The normalized spacial score (nSPS) is 16.7. The average molecular weight is 324 g/mol. The van der Waals surface area contributed by atoms with Crippen LogP contribution in [0.4, 0.5) is 4.79 Å². The average Bonchev–Trinajstić information content (AvgIpc) is 3.16. The number of thiazole rings is 1. The van der Waals surface area contributed by atoms with Gasteiger partial charge in [0.2, 0.25) is 5.91 Å². The number of urea groups is 1. The van der Waals surface area contributed by atoms with Crippen molar-refractivity contribution in [3.63, 3.8) is 0 Å². The van der Waals surface area contributed by atoms with E-state index in [0.29, 0.717) is 0 Å². The molecule has 1 fully saturated rings. The van der Waals surface area contributed by atoms with Gasteiger partial charge in [-0.05, 0) is 26.8 Å². The first kappa shape index (κ1) is 16.9. The van der Waals surface area contributed by atoms with Crippen molar-refractivity contribution in [1.82, 2.24) is 20.5 Å². The van der Waals surface area contributed by atoms with Crippen LogP contribution in [-0.4, -0.2) is 47.5 Å². The molecular weight excluding hydrogens is 300 g/mol. The molecule has 0 saturated heterocycles. The van der Waals surface area contributed by atoms with Crippen LogP contribution in [0.2, 0.25) is 0 Å². The highest BCUT2D eigenvalue weighted by atomic mass is 32.1. The van der Waals surface area contributed by atoms with Gasteiger partial charge in [0.15, 0.2) is 0 Å². The van der Waals surface area contributed by atoms with Crippen LogP contribution in [0.3, 0.4) is 0 Å². The zero-order valence-electron chi connectivity index (χ0n) is 13.2. The van der Waals surface area contributed by atoms with Crippen LogP contribution in [0.5, 0.6) is 0 Å². The Bertz CT molecular complexity index is 486. The summed E-state index contributed by atoms with van der Waals surface area (Å²) in [6, 6.07) is -0.517. The SMILES string of the molecule is C[C@H](C(=O)NC(=O)NC1CCCC1)N(C)CCc1nccs1. The van der Waals surface area contributed by atoms with Crippen LogP contribution in [0.15, 0.2) is 11.6 Å². The number of rotatable bonds is 6. The molecule has 6 nitrogen and oxygen atoms in total. The highest BCUT2D eigenvalue weighted by Gasteiger charge is 2.22. The van der Waals surface area contributed by atoms with E-state index in [1.807, 2.05) is 17.3 Å². The third-order valence-corrected chi connectivity index (χ3v) is 4.97. The molecule has 0 aromatic carbocycles. The molecule has 1 atom stereocenters. The lowest BCUT2D eigenvalue weighted by molar-refractivity contribution is -0.124. The zero-order valence-corrected chi connectivity index (χ0v) is 14.0. The molecule has 22 heavy (non-hydrogen) atoms. The standard InChI is InChI=1S/C15H24N4O2S/c1-11(19(2)9-7-13-16-8-10-22-13)14(20)18-15(21)17-12-5-3-4-6-12/h8,10-12H,3-7,9H2,1-2H3,(H2,17,18,20,21)/t11-/m1/s1. The van der Waals surface area contributed by atoms with E-state index in [9.17, 15) is 9.59 Å². The van der Waals surface area contributed by atoms with Gasteiger partial charge in [0.25, 0.3) is 0 Å². The molecular formula is C15H24N4O2S. The quantitative estimate of drug-likeness (QED) is 0.836. The Labute approximate surface area is 135 Å². The molecule has 1 aliphatic carbocycles. The van der Waals surface area contributed by atoms with Crippen LogP contribution in [0.25, 0.3) is 0 Å². The molecule has 0 aliphatic heterocycles. The minimum atomic E-state index is -0.378. The summed E-state index contributed by atoms with van der Waals surface area (Å²) in [5.74, 6) is -0.267. The lowest BCUT2D eigenvalue weighted by Crippen LogP contribution is -2.50. The van der Waals surface area contributed by atoms with Gasteiger partial charge in [-0.25, -0.2) is 9.78 Å². The topological polar surface area (TPSA) is 74.3 Å².